The second-order valence-corrected chi connectivity index (χ2v) is 7.22. The van der Waals surface area contributed by atoms with Crippen LogP contribution in [0.4, 0.5) is 14.5 Å². The second-order valence-electron chi connectivity index (χ2n) is 7.22. The summed E-state index contributed by atoms with van der Waals surface area (Å²) >= 11 is 0. The summed E-state index contributed by atoms with van der Waals surface area (Å²) < 4.78 is 27.9. The molecule has 0 radical (unpaired) electrons. The molecule has 3 atom stereocenters. The predicted molar refractivity (Wildman–Crippen MR) is 120 cm³/mol. The third-order valence-electron chi connectivity index (χ3n) is 5.33. The molecule has 0 saturated heterocycles. The van der Waals surface area contributed by atoms with Crippen molar-refractivity contribution >= 4 is 41.5 Å². The lowest BCUT2D eigenvalue weighted by atomic mass is 9.90. The Bertz CT molecular complexity index is 916. The topological polar surface area (TPSA) is 65.5 Å². The average Bonchev–Trinajstić information content (AvgIpc) is 3.43. The van der Waals surface area contributed by atoms with E-state index >= 15 is 0 Å². The van der Waals surface area contributed by atoms with Gasteiger partial charge in [-0.3, -0.25) is 9.79 Å². The third kappa shape index (κ3) is 4.68. The third-order valence-corrected chi connectivity index (χ3v) is 5.33. The molecule has 0 spiro atoms. The fourth-order valence-electron chi connectivity index (χ4n) is 3.81. The monoisotopic (exact) mass is 512 g/mol. The molecule has 1 fully saturated rings. The summed E-state index contributed by atoms with van der Waals surface area (Å²) in [4.78, 5) is 16.2. The van der Waals surface area contributed by atoms with Crippen LogP contribution in [0.2, 0.25) is 0 Å². The summed E-state index contributed by atoms with van der Waals surface area (Å²) in [5.74, 6) is -0.647. The predicted octanol–water partition coefficient (Wildman–Crippen LogP) is 3.73. The fourth-order valence-corrected chi connectivity index (χ4v) is 3.81. The number of amides is 1. The van der Waals surface area contributed by atoms with Crippen molar-refractivity contribution in [2.75, 3.05) is 18.9 Å². The first-order chi connectivity index (χ1) is 13.6. The van der Waals surface area contributed by atoms with Crippen LogP contribution in [-0.4, -0.2) is 31.5 Å². The smallest absolute Gasteiger partial charge is 0.225 e. The first kappa shape index (κ1) is 21.5. The molecule has 2 aromatic rings. The SMILES string of the molecule is CN=C(NCC1CC(=O)Nc2ccccc21)NC1CC1c1c(F)cccc1F.I. The molecule has 2 aliphatic rings. The van der Waals surface area contributed by atoms with E-state index in [1.165, 1.54) is 18.2 Å². The molecule has 1 saturated carbocycles. The van der Waals surface area contributed by atoms with Crippen LogP contribution in [-0.2, 0) is 4.79 Å². The molecular formula is C21H23F2IN4O. The van der Waals surface area contributed by atoms with Crippen LogP contribution in [0.5, 0.6) is 0 Å². The Balaban J connectivity index is 0.00000240. The molecule has 154 valence electrons. The van der Waals surface area contributed by atoms with Crippen LogP contribution in [0, 0.1) is 11.6 Å². The summed E-state index contributed by atoms with van der Waals surface area (Å²) in [5, 5.41) is 9.35. The molecule has 1 heterocycles. The number of aliphatic imine (C=N–C) groups is 1. The fraction of sp³-hybridized carbons (Fsp3) is 0.333. The highest BCUT2D eigenvalue weighted by atomic mass is 127. The van der Waals surface area contributed by atoms with Crippen molar-refractivity contribution in [3.8, 4) is 0 Å². The van der Waals surface area contributed by atoms with E-state index in [0.29, 0.717) is 25.3 Å². The molecule has 3 N–H and O–H groups in total. The van der Waals surface area contributed by atoms with Crippen molar-refractivity contribution in [3.63, 3.8) is 0 Å². The van der Waals surface area contributed by atoms with Crippen LogP contribution < -0.4 is 16.0 Å². The zero-order valence-corrected chi connectivity index (χ0v) is 18.2. The van der Waals surface area contributed by atoms with Crippen LogP contribution in [0.3, 0.4) is 0 Å². The summed E-state index contributed by atoms with van der Waals surface area (Å²) in [6, 6.07) is 11.6. The number of nitrogens with one attached hydrogen (secondary N) is 3. The van der Waals surface area contributed by atoms with E-state index in [9.17, 15) is 13.6 Å². The van der Waals surface area contributed by atoms with Crippen LogP contribution in [0.15, 0.2) is 47.5 Å². The van der Waals surface area contributed by atoms with Gasteiger partial charge < -0.3 is 16.0 Å². The van der Waals surface area contributed by atoms with E-state index in [1.54, 1.807) is 7.05 Å². The van der Waals surface area contributed by atoms with Crippen LogP contribution >= 0.6 is 24.0 Å². The van der Waals surface area contributed by atoms with Crippen LogP contribution in [0.1, 0.15) is 35.8 Å². The number of rotatable bonds is 4. The van der Waals surface area contributed by atoms with E-state index < -0.39 is 11.6 Å². The largest absolute Gasteiger partial charge is 0.356 e. The Labute approximate surface area is 185 Å². The van der Waals surface area contributed by atoms with Gasteiger partial charge in [0.15, 0.2) is 5.96 Å². The number of carbonyl (C=O) groups is 1. The molecule has 1 aliphatic carbocycles. The highest BCUT2D eigenvalue weighted by Gasteiger charge is 2.42. The molecule has 3 unspecified atom stereocenters. The number of fused-ring (bicyclic) bond motifs is 1. The van der Waals surface area contributed by atoms with Gasteiger partial charge in [0.1, 0.15) is 11.6 Å². The number of hydrogen-bond acceptors (Lipinski definition) is 2. The van der Waals surface area contributed by atoms with Gasteiger partial charge >= 0.3 is 0 Å². The summed E-state index contributed by atoms with van der Waals surface area (Å²) in [5.41, 5.74) is 2.06. The number of nitrogens with zero attached hydrogens (tertiary/aromatic N) is 1. The highest BCUT2D eigenvalue weighted by Crippen LogP contribution is 2.43. The van der Waals surface area contributed by atoms with Gasteiger partial charge in [0.25, 0.3) is 0 Å². The van der Waals surface area contributed by atoms with Crippen molar-refractivity contribution in [3.05, 3.63) is 65.2 Å². The van der Waals surface area contributed by atoms with Gasteiger partial charge in [-0.25, -0.2) is 8.78 Å². The van der Waals surface area contributed by atoms with Crippen molar-refractivity contribution in [2.24, 2.45) is 4.99 Å². The molecule has 1 aliphatic heterocycles. The lowest BCUT2D eigenvalue weighted by Crippen LogP contribution is -2.42. The number of hydrogen-bond donors (Lipinski definition) is 3. The van der Waals surface area contributed by atoms with Crippen molar-refractivity contribution < 1.29 is 13.6 Å². The Morgan fingerprint density at radius 3 is 2.62 bits per heavy atom. The Morgan fingerprint density at radius 2 is 1.90 bits per heavy atom. The van der Waals surface area contributed by atoms with E-state index in [1.807, 2.05) is 24.3 Å². The van der Waals surface area contributed by atoms with Gasteiger partial charge in [0.2, 0.25) is 5.91 Å². The zero-order valence-electron chi connectivity index (χ0n) is 15.9. The molecule has 0 aromatic heterocycles. The maximum Gasteiger partial charge on any atom is 0.225 e. The first-order valence-electron chi connectivity index (χ1n) is 9.36. The molecule has 8 heteroatoms. The molecule has 5 nitrogen and oxygen atoms in total. The minimum absolute atomic E-state index is 0. The quantitative estimate of drug-likeness (QED) is 0.333. The molecule has 0 bridgehead atoms. The van der Waals surface area contributed by atoms with Crippen molar-refractivity contribution in [1.29, 1.82) is 0 Å². The maximum atomic E-state index is 14.0. The number of anilines is 1. The van der Waals surface area contributed by atoms with Gasteiger partial charge in [0, 0.05) is 49.1 Å². The Kier molecular flexibility index (Phi) is 6.71. The minimum atomic E-state index is -0.512. The summed E-state index contributed by atoms with van der Waals surface area (Å²) in [7, 11) is 1.65. The molecule has 4 rings (SSSR count). The maximum absolute atomic E-state index is 14.0. The van der Waals surface area contributed by atoms with Gasteiger partial charge in [-0.1, -0.05) is 24.3 Å². The summed E-state index contributed by atoms with van der Waals surface area (Å²) in [6.07, 6.45) is 1.04. The molecule has 1 amide bonds. The van der Waals surface area contributed by atoms with Crippen LogP contribution in [0.25, 0.3) is 0 Å². The van der Waals surface area contributed by atoms with Gasteiger partial charge in [-0.15, -0.1) is 24.0 Å². The van der Waals surface area contributed by atoms with E-state index in [4.69, 9.17) is 0 Å². The normalized spacial score (nSPS) is 22.8. The van der Waals surface area contributed by atoms with E-state index in [0.717, 1.165) is 11.3 Å². The molecule has 29 heavy (non-hydrogen) atoms. The number of para-hydroxylation sites is 1. The highest BCUT2D eigenvalue weighted by molar-refractivity contribution is 14.0. The van der Waals surface area contributed by atoms with E-state index in [-0.39, 0.29) is 53.3 Å². The van der Waals surface area contributed by atoms with Gasteiger partial charge in [0.05, 0.1) is 0 Å². The number of guanidine groups is 1. The molecule has 2 aromatic carbocycles. The lowest BCUT2D eigenvalue weighted by molar-refractivity contribution is -0.116. The standard InChI is InChI=1S/C21H22F2N4O.HI/c1-24-21(27-18-10-14(18)20-15(22)6-4-7-16(20)23)25-11-12-9-19(28)26-17-8-3-2-5-13(12)17;/h2-8,12,14,18H,9-11H2,1H3,(H,26,28)(H2,24,25,27);1H. The second kappa shape index (κ2) is 9.06. The van der Waals surface area contributed by atoms with Crippen molar-refractivity contribution in [2.45, 2.75) is 30.7 Å². The molecular weight excluding hydrogens is 489 g/mol. The van der Waals surface area contributed by atoms with Gasteiger partial charge in [-0.05, 0) is 30.2 Å². The minimum Gasteiger partial charge on any atom is -0.356 e. The van der Waals surface area contributed by atoms with Crippen molar-refractivity contribution in [1.82, 2.24) is 10.6 Å². The lowest BCUT2D eigenvalue weighted by Gasteiger charge is -2.26. The zero-order chi connectivity index (χ0) is 19.7. The van der Waals surface area contributed by atoms with E-state index in [2.05, 4.69) is 20.9 Å². The Hall–Kier alpha value is -2.23. The average molecular weight is 512 g/mol. The number of carbonyl (C=O) groups excluding carboxylic acids is 1. The van der Waals surface area contributed by atoms with Gasteiger partial charge in [-0.2, -0.15) is 0 Å². The summed E-state index contributed by atoms with van der Waals surface area (Å²) in [6.45, 7) is 0.537. The number of benzene rings is 2. The number of halogens is 3. The first-order valence-corrected chi connectivity index (χ1v) is 9.36. The Morgan fingerprint density at radius 1 is 1.17 bits per heavy atom.